The number of morpholine rings is 1. The molecular weight excluding hydrogens is 663 g/mol. The molecule has 258 valence electrons. The number of aliphatic imine (C=N–C) groups is 4. The summed E-state index contributed by atoms with van der Waals surface area (Å²) in [6.07, 6.45) is 14.7. The molecule has 6 heteroatoms. The van der Waals surface area contributed by atoms with Crippen molar-refractivity contribution in [1.29, 1.82) is 0 Å². The maximum Gasteiger partial charge on any atom is 0.0971 e. The average Bonchev–Trinajstić information content (AvgIpc) is 4.07. The fourth-order valence-corrected chi connectivity index (χ4v) is 7.80. The van der Waals surface area contributed by atoms with Crippen LogP contribution < -0.4 is 5.32 Å². The molecule has 10 rings (SSSR count). The second-order valence-corrected chi connectivity index (χ2v) is 13.6. The molecule has 54 heavy (non-hydrogen) atoms. The van der Waals surface area contributed by atoms with E-state index in [4.69, 9.17) is 24.7 Å². The number of hydrogen-bond donors (Lipinski definition) is 1. The van der Waals surface area contributed by atoms with Gasteiger partial charge in [0.05, 0.1) is 58.3 Å². The van der Waals surface area contributed by atoms with Crippen molar-refractivity contribution < 1.29 is 4.74 Å². The number of nitrogens with zero attached hydrogens (tertiary/aromatic N) is 4. The van der Waals surface area contributed by atoms with Crippen LogP contribution in [0.3, 0.4) is 0 Å². The van der Waals surface area contributed by atoms with Gasteiger partial charge in [0.2, 0.25) is 0 Å². The molecule has 1 N–H and O–H groups in total. The van der Waals surface area contributed by atoms with E-state index >= 15 is 0 Å². The van der Waals surface area contributed by atoms with E-state index in [0.717, 1.165) is 102 Å². The zero-order valence-electron chi connectivity index (χ0n) is 29.5. The van der Waals surface area contributed by atoms with Gasteiger partial charge in [-0.15, -0.1) is 0 Å². The number of fused-ring (bicyclic) bond motifs is 4. The SMILES string of the molecule is C1=CC2=C(c3ccccc3)C3=NC(=C(c4ccccc4)C4=NC(=C(c5ccccc5)C5=NC(=C(c6ccccc6)C1=N2)C=C5)C=C4C1CNCCO1)C=C3. The van der Waals surface area contributed by atoms with Crippen LogP contribution in [0.4, 0.5) is 0 Å². The summed E-state index contributed by atoms with van der Waals surface area (Å²) in [6, 6.07) is 41.8. The lowest BCUT2D eigenvalue weighted by Crippen LogP contribution is -2.40. The van der Waals surface area contributed by atoms with Crippen molar-refractivity contribution in [3.8, 4) is 0 Å². The zero-order chi connectivity index (χ0) is 35.8. The topological polar surface area (TPSA) is 70.7 Å². The molecule has 8 bridgehead atoms. The third-order valence-electron chi connectivity index (χ3n) is 10.3. The smallest absolute Gasteiger partial charge is 0.0971 e. The van der Waals surface area contributed by atoms with E-state index in [1.165, 1.54) is 0 Å². The predicted octanol–water partition coefficient (Wildman–Crippen LogP) is 9.05. The molecular formula is C48H35N5O. The molecule has 0 spiro atoms. The lowest BCUT2D eigenvalue weighted by Gasteiger charge is -2.26. The molecule has 1 fully saturated rings. The van der Waals surface area contributed by atoms with Gasteiger partial charge in [-0.2, -0.15) is 0 Å². The number of nitrogens with one attached hydrogen (secondary N) is 1. The van der Waals surface area contributed by atoms with E-state index < -0.39 is 0 Å². The maximum atomic E-state index is 6.48. The van der Waals surface area contributed by atoms with Crippen LogP contribution in [-0.4, -0.2) is 48.6 Å². The van der Waals surface area contributed by atoms with E-state index in [1.54, 1.807) is 0 Å². The molecule has 6 aliphatic heterocycles. The van der Waals surface area contributed by atoms with Crippen LogP contribution in [0, 0.1) is 0 Å². The summed E-state index contributed by atoms with van der Waals surface area (Å²) in [5.74, 6) is 0. The normalized spacial score (nSPS) is 20.4. The molecule has 0 saturated carbocycles. The first-order chi connectivity index (χ1) is 26.8. The molecule has 4 aromatic carbocycles. The first-order valence-corrected chi connectivity index (χ1v) is 18.4. The third kappa shape index (κ3) is 5.78. The van der Waals surface area contributed by atoms with E-state index in [9.17, 15) is 0 Å². The molecule has 1 atom stereocenters. The fraction of sp³-hybridized carbons (Fsp3) is 0.0833. The van der Waals surface area contributed by atoms with Gasteiger partial charge in [0.15, 0.2) is 0 Å². The van der Waals surface area contributed by atoms with Crippen molar-refractivity contribution in [2.75, 3.05) is 19.7 Å². The number of ether oxygens (including phenoxy) is 1. The van der Waals surface area contributed by atoms with Crippen LogP contribution in [0.2, 0.25) is 0 Å². The highest BCUT2D eigenvalue weighted by Crippen LogP contribution is 2.40. The maximum absolute atomic E-state index is 6.48. The summed E-state index contributed by atoms with van der Waals surface area (Å²) in [5, 5.41) is 3.55. The molecule has 6 nitrogen and oxygen atoms in total. The van der Waals surface area contributed by atoms with E-state index in [-0.39, 0.29) is 6.10 Å². The minimum atomic E-state index is -0.193. The molecule has 0 aliphatic carbocycles. The van der Waals surface area contributed by atoms with Crippen LogP contribution >= 0.6 is 0 Å². The van der Waals surface area contributed by atoms with Crippen LogP contribution in [0.15, 0.2) is 212 Å². The minimum Gasteiger partial charge on any atom is -0.371 e. The molecule has 0 aromatic heterocycles. The Balaban J connectivity index is 1.32. The van der Waals surface area contributed by atoms with Crippen molar-refractivity contribution in [2.45, 2.75) is 6.10 Å². The lowest BCUT2D eigenvalue weighted by molar-refractivity contribution is 0.0555. The highest BCUT2D eigenvalue weighted by Gasteiger charge is 2.33. The van der Waals surface area contributed by atoms with E-state index in [2.05, 4.69) is 145 Å². The van der Waals surface area contributed by atoms with Crippen LogP contribution in [0.25, 0.3) is 22.3 Å². The van der Waals surface area contributed by atoms with E-state index in [1.807, 2.05) is 24.3 Å². The largest absolute Gasteiger partial charge is 0.371 e. The van der Waals surface area contributed by atoms with Gasteiger partial charge in [0.25, 0.3) is 0 Å². The molecule has 6 aliphatic rings. The second kappa shape index (κ2) is 13.7. The summed E-state index contributed by atoms with van der Waals surface area (Å²) in [5.41, 5.74) is 15.8. The average molecular weight is 698 g/mol. The zero-order valence-corrected chi connectivity index (χ0v) is 29.5. The lowest BCUT2D eigenvalue weighted by atomic mass is 9.91. The Hall–Kier alpha value is -6.60. The fourth-order valence-electron chi connectivity index (χ4n) is 7.80. The number of benzene rings is 4. The van der Waals surface area contributed by atoms with Gasteiger partial charge >= 0.3 is 0 Å². The first-order valence-electron chi connectivity index (χ1n) is 18.4. The van der Waals surface area contributed by atoms with Crippen LogP contribution in [-0.2, 0) is 4.74 Å². The third-order valence-corrected chi connectivity index (χ3v) is 10.3. The van der Waals surface area contributed by atoms with Gasteiger partial charge in [0, 0.05) is 41.0 Å². The van der Waals surface area contributed by atoms with Crippen molar-refractivity contribution in [1.82, 2.24) is 5.32 Å². The van der Waals surface area contributed by atoms with Crippen molar-refractivity contribution in [2.24, 2.45) is 20.0 Å². The van der Waals surface area contributed by atoms with Crippen LogP contribution in [0.1, 0.15) is 22.3 Å². The summed E-state index contributed by atoms with van der Waals surface area (Å²) in [6.45, 7) is 2.12. The highest BCUT2D eigenvalue weighted by molar-refractivity contribution is 6.40. The minimum absolute atomic E-state index is 0.193. The van der Waals surface area contributed by atoms with E-state index in [0.29, 0.717) is 13.2 Å². The van der Waals surface area contributed by atoms with Crippen molar-refractivity contribution in [3.63, 3.8) is 0 Å². The Kier molecular flexibility index (Phi) is 8.17. The molecule has 4 aromatic rings. The first kappa shape index (κ1) is 32.1. The highest BCUT2D eigenvalue weighted by atomic mass is 16.5. The Bertz CT molecular complexity index is 2490. The summed E-state index contributed by atoms with van der Waals surface area (Å²) >= 11 is 0. The Morgan fingerprint density at radius 3 is 1.28 bits per heavy atom. The van der Waals surface area contributed by atoms with Crippen molar-refractivity contribution >= 4 is 45.1 Å². The van der Waals surface area contributed by atoms with Gasteiger partial charge in [-0.05, 0) is 64.8 Å². The molecule has 1 unspecified atom stereocenters. The molecule has 0 radical (unpaired) electrons. The van der Waals surface area contributed by atoms with Crippen molar-refractivity contribution in [3.05, 3.63) is 214 Å². The molecule has 1 saturated heterocycles. The van der Waals surface area contributed by atoms with Gasteiger partial charge in [-0.25, -0.2) is 20.0 Å². The Labute approximate surface area is 314 Å². The molecule has 0 amide bonds. The summed E-state index contributed by atoms with van der Waals surface area (Å²) < 4.78 is 6.48. The summed E-state index contributed by atoms with van der Waals surface area (Å²) in [4.78, 5) is 21.8. The quantitative estimate of drug-likeness (QED) is 0.226. The number of allylic oxidation sites excluding steroid dienone is 11. The predicted molar refractivity (Wildman–Crippen MR) is 221 cm³/mol. The molecule has 6 heterocycles. The van der Waals surface area contributed by atoms with Gasteiger partial charge < -0.3 is 10.1 Å². The standard InChI is InChI=1S/C48H35N5O/c1-5-13-31(14-6-1)44-36-21-22-37(50-36)45(32-15-7-2-8-16-32)39-25-26-41(52-39)47(34-19-11-4-12-20-34)48-35(43-30-49-27-28-54-43)29-42(53-48)46(33-17-9-3-10-18-33)40-24-23-38(44)51-40/h1-26,29,43,49H,27-28,30H2. The van der Waals surface area contributed by atoms with Gasteiger partial charge in [-0.3, -0.25) is 0 Å². The number of hydrogen-bond acceptors (Lipinski definition) is 6. The monoisotopic (exact) mass is 697 g/mol. The van der Waals surface area contributed by atoms with Gasteiger partial charge in [0.1, 0.15) is 0 Å². The second-order valence-electron chi connectivity index (χ2n) is 13.6. The Morgan fingerprint density at radius 2 is 0.852 bits per heavy atom. The Morgan fingerprint density at radius 1 is 0.444 bits per heavy atom. The summed E-state index contributed by atoms with van der Waals surface area (Å²) in [7, 11) is 0. The van der Waals surface area contributed by atoms with Crippen LogP contribution in [0.5, 0.6) is 0 Å². The van der Waals surface area contributed by atoms with Gasteiger partial charge in [-0.1, -0.05) is 121 Å². The number of rotatable bonds is 5.